The third kappa shape index (κ3) is 8.29. The van der Waals surface area contributed by atoms with E-state index in [1.165, 1.54) is 0 Å². The molecule has 0 aliphatic carbocycles. The molecule has 6 heteroatoms. The summed E-state index contributed by atoms with van der Waals surface area (Å²) in [5.41, 5.74) is 0. The zero-order chi connectivity index (χ0) is 8.69. The maximum Gasteiger partial charge on any atom is 0.305 e. The number of halogens is 2. The molecule has 0 aromatic rings. The van der Waals surface area contributed by atoms with Crippen LogP contribution in [0.2, 0.25) is 0 Å². The minimum absolute atomic E-state index is 0.0104. The maximum absolute atomic E-state index is 10.6. The van der Waals surface area contributed by atoms with Crippen LogP contribution in [-0.2, 0) is 19.7 Å². The average molecular weight is 219 g/mol. The van der Waals surface area contributed by atoms with E-state index in [1.54, 1.807) is 0 Å². The minimum atomic E-state index is -1.77. The predicted octanol–water partition coefficient (Wildman–Crippen LogP) is 1.59. The molecule has 1 atom stereocenters. The zero-order valence-corrected chi connectivity index (χ0v) is 8.05. The van der Waals surface area contributed by atoms with E-state index >= 15 is 0 Å². The highest BCUT2D eigenvalue weighted by Crippen LogP contribution is 1.99. The molecule has 11 heavy (non-hydrogen) atoms. The first-order valence-corrected chi connectivity index (χ1v) is 4.65. The quantitative estimate of drug-likeness (QED) is 0.636. The summed E-state index contributed by atoms with van der Waals surface area (Å²) >= 11 is 8.80. The molecule has 0 amide bonds. The van der Waals surface area contributed by atoms with Gasteiger partial charge in [-0.2, -0.15) is 4.21 Å². The van der Waals surface area contributed by atoms with Gasteiger partial charge in [0.2, 0.25) is 0 Å². The topological polar surface area (TPSA) is 35.5 Å². The van der Waals surface area contributed by atoms with Crippen LogP contribution in [0.4, 0.5) is 0 Å². The van der Waals surface area contributed by atoms with Gasteiger partial charge in [0.15, 0.2) is 0 Å². The van der Waals surface area contributed by atoms with Gasteiger partial charge in [-0.1, -0.05) is 18.2 Å². The summed E-state index contributed by atoms with van der Waals surface area (Å²) < 4.78 is 19.7. The fraction of sp³-hybridized carbons (Fsp3) is 0.600. The van der Waals surface area contributed by atoms with Crippen molar-refractivity contribution in [3.63, 3.8) is 0 Å². The molecule has 0 rings (SSSR count). The maximum atomic E-state index is 10.6. The second-order valence-electron chi connectivity index (χ2n) is 1.49. The first kappa shape index (κ1) is 11.4. The van der Waals surface area contributed by atoms with Gasteiger partial charge in [-0.05, 0) is 0 Å². The Kier molecular flexibility index (Phi) is 7.31. The zero-order valence-electron chi connectivity index (χ0n) is 5.72. The molecular weight excluding hydrogens is 211 g/mol. The summed E-state index contributed by atoms with van der Waals surface area (Å²) in [5.74, 6) is 0.275. The van der Waals surface area contributed by atoms with E-state index in [4.69, 9.17) is 23.2 Å². The Morgan fingerprint density at radius 2 is 2.18 bits per heavy atom. The first-order valence-electron chi connectivity index (χ1n) is 2.74. The first-order chi connectivity index (χ1) is 5.16. The lowest BCUT2D eigenvalue weighted by Gasteiger charge is -1.99. The van der Waals surface area contributed by atoms with Crippen molar-refractivity contribution in [3.05, 3.63) is 11.6 Å². The second kappa shape index (κ2) is 7.06. The summed E-state index contributed by atoms with van der Waals surface area (Å²) in [5, 5.41) is 0.271. The highest BCUT2D eigenvalue weighted by Gasteiger charge is 1.99. The summed E-state index contributed by atoms with van der Waals surface area (Å²) in [6, 6.07) is 0. The average Bonchev–Trinajstić information content (AvgIpc) is 1.97. The number of hydrogen-bond acceptors (Lipinski definition) is 3. The van der Waals surface area contributed by atoms with Gasteiger partial charge in [0, 0.05) is 10.9 Å². The molecule has 0 fully saturated rings. The van der Waals surface area contributed by atoms with Gasteiger partial charge in [-0.15, -0.1) is 11.6 Å². The molecule has 0 N–H and O–H groups in total. The monoisotopic (exact) mass is 218 g/mol. The third-order valence-electron chi connectivity index (χ3n) is 0.568. The van der Waals surface area contributed by atoms with Gasteiger partial charge in [-0.3, -0.25) is 8.37 Å². The Bertz CT molecular complexity index is 151. The van der Waals surface area contributed by atoms with Crippen molar-refractivity contribution in [1.82, 2.24) is 0 Å². The number of alkyl halides is 1. The summed E-state index contributed by atoms with van der Waals surface area (Å²) in [4.78, 5) is 0. The largest absolute Gasteiger partial charge is 0.305 e. The summed E-state index contributed by atoms with van der Waals surface area (Å²) in [6.45, 7) is 3.53. The smallest absolute Gasteiger partial charge is 0.267 e. The fourth-order valence-corrected chi connectivity index (χ4v) is 1.06. The van der Waals surface area contributed by atoms with Crippen molar-refractivity contribution in [1.29, 1.82) is 0 Å². The van der Waals surface area contributed by atoms with Gasteiger partial charge in [-0.25, -0.2) is 0 Å². The molecule has 0 bridgehead atoms. The van der Waals surface area contributed by atoms with Crippen molar-refractivity contribution in [2.45, 2.75) is 0 Å². The standard InChI is InChI=1S/C5H8Cl2O3S/c1-5(7)4-10-11(8)9-3-2-6/h1-4H2. The van der Waals surface area contributed by atoms with E-state index in [-0.39, 0.29) is 24.1 Å². The van der Waals surface area contributed by atoms with Crippen LogP contribution in [0.1, 0.15) is 0 Å². The molecule has 0 spiro atoms. The van der Waals surface area contributed by atoms with Crippen LogP contribution >= 0.6 is 23.2 Å². The molecule has 0 aliphatic heterocycles. The fourth-order valence-electron chi connectivity index (χ4n) is 0.246. The lowest BCUT2D eigenvalue weighted by molar-refractivity contribution is 0.278. The normalized spacial score (nSPS) is 12.9. The lowest BCUT2D eigenvalue weighted by Crippen LogP contribution is -2.05. The van der Waals surface area contributed by atoms with Crippen LogP contribution in [0, 0.1) is 0 Å². The number of rotatable bonds is 6. The van der Waals surface area contributed by atoms with E-state index < -0.39 is 11.4 Å². The van der Waals surface area contributed by atoms with Crippen LogP contribution < -0.4 is 0 Å². The van der Waals surface area contributed by atoms with Crippen LogP contribution in [-0.4, -0.2) is 23.3 Å². The van der Waals surface area contributed by atoms with Crippen LogP contribution in [0.25, 0.3) is 0 Å². The van der Waals surface area contributed by atoms with E-state index in [0.717, 1.165) is 0 Å². The van der Waals surface area contributed by atoms with E-state index in [0.29, 0.717) is 0 Å². The molecular formula is C5H8Cl2O3S. The summed E-state index contributed by atoms with van der Waals surface area (Å²) in [7, 11) is 0. The SMILES string of the molecule is C=C(Cl)COS(=O)OCCCl. The van der Waals surface area contributed by atoms with Gasteiger partial charge in [0.25, 0.3) is 0 Å². The Balaban J connectivity index is 3.30. The Hall–Kier alpha value is 0.390. The molecule has 0 aromatic carbocycles. The van der Waals surface area contributed by atoms with Gasteiger partial charge in [0.05, 0.1) is 6.61 Å². The van der Waals surface area contributed by atoms with Crippen molar-refractivity contribution in [2.75, 3.05) is 19.1 Å². The van der Waals surface area contributed by atoms with E-state index in [1.807, 2.05) is 0 Å². The third-order valence-corrected chi connectivity index (χ3v) is 1.50. The number of hydrogen-bond donors (Lipinski definition) is 0. The lowest BCUT2D eigenvalue weighted by atomic mass is 10.7. The van der Waals surface area contributed by atoms with Crippen LogP contribution in [0.3, 0.4) is 0 Å². The van der Waals surface area contributed by atoms with Crippen molar-refractivity contribution >= 4 is 34.6 Å². The van der Waals surface area contributed by atoms with E-state index in [2.05, 4.69) is 14.9 Å². The van der Waals surface area contributed by atoms with E-state index in [9.17, 15) is 4.21 Å². The molecule has 0 aliphatic rings. The highest BCUT2D eigenvalue weighted by atomic mass is 35.5. The molecule has 0 heterocycles. The molecule has 0 aromatic heterocycles. The molecule has 0 saturated heterocycles. The Morgan fingerprint density at radius 3 is 2.64 bits per heavy atom. The van der Waals surface area contributed by atoms with Crippen molar-refractivity contribution in [3.8, 4) is 0 Å². The molecule has 0 radical (unpaired) electrons. The van der Waals surface area contributed by atoms with Crippen LogP contribution in [0.15, 0.2) is 11.6 Å². The molecule has 3 nitrogen and oxygen atoms in total. The predicted molar refractivity (Wildman–Crippen MR) is 45.8 cm³/mol. The summed E-state index contributed by atoms with van der Waals surface area (Å²) in [6.07, 6.45) is 0. The van der Waals surface area contributed by atoms with Gasteiger partial charge < -0.3 is 0 Å². The van der Waals surface area contributed by atoms with Gasteiger partial charge >= 0.3 is 11.4 Å². The Morgan fingerprint density at radius 1 is 1.55 bits per heavy atom. The molecule has 0 saturated carbocycles. The Labute approximate surface area is 78.1 Å². The van der Waals surface area contributed by atoms with Crippen molar-refractivity contribution < 1.29 is 12.6 Å². The minimum Gasteiger partial charge on any atom is -0.267 e. The van der Waals surface area contributed by atoms with Gasteiger partial charge in [0.1, 0.15) is 6.61 Å². The van der Waals surface area contributed by atoms with Crippen LogP contribution in [0.5, 0.6) is 0 Å². The molecule has 66 valence electrons. The second-order valence-corrected chi connectivity index (χ2v) is 3.29. The molecule has 1 unspecified atom stereocenters. The highest BCUT2D eigenvalue weighted by molar-refractivity contribution is 7.75. The van der Waals surface area contributed by atoms with Crippen molar-refractivity contribution in [2.24, 2.45) is 0 Å².